The molecule has 0 aromatic carbocycles. The van der Waals surface area contributed by atoms with Crippen molar-refractivity contribution < 1.29 is 9.47 Å². The summed E-state index contributed by atoms with van der Waals surface area (Å²) in [5.41, 5.74) is 0.145. The Hall–Kier alpha value is -0.120. The van der Waals surface area contributed by atoms with Crippen molar-refractivity contribution in [3.63, 3.8) is 0 Å². The largest absolute Gasteiger partial charge is 0.374 e. The number of ether oxygens (including phenoxy) is 2. The molecular formula is C16H31NO2. The molecule has 0 amide bonds. The molecule has 0 aromatic rings. The van der Waals surface area contributed by atoms with Gasteiger partial charge in [-0.25, -0.2) is 0 Å². The summed E-state index contributed by atoms with van der Waals surface area (Å²) < 4.78 is 12.3. The van der Waals surface area contributed by atoms with Crippen molar-refractivity contribution in [2.75, 3.05) is 19.7 Å². The highest BCUT2D eigenvalue weighted by atomic mass is 16.5. The Kier molecular flexibility index (Phi) is 4.03. The van der Waals surface area contributed by atoms with Crippen LogP contribution in [0, 0.1) is 0 Å². The van der Waals surface area contributed by atoms with Gasteiger partial charge >= 0.3 is 0 Å². The summed E-state index contributed by atoms with van der Waals surface area (Å²) in [6, 6.07) is 0. The van der Waals surface area contributed by atoms with Gasteiger partial charge in [0.25, 0.3) is 0 Å². The van der Waals surface area contributed by atoms with Gasteiger partial charge in [-0.15, -0.1) is 0 Å². The first-order valence-corrected chi connectivity index (χ1v) is 7.67. The Bertz CT molecular complexity index is 316. The third-order valence-corrected chi connectivity index (χ3v) is 4.07. The molecule has 3 heteroatoms. The van der Waals surface area contributed by atoms with Crippen LogP contribution in [0.2, 0.25) is 0 Å². The fraction of sp³-hybridized carbons (Fsp3) is 1.00. The van der Waals surface area contributed by atoms with Gasteiger partial charge in [-0.3, -0.25) is 4.90 Å². The summed E-state index contributed by atoms with van der Waals surface area (Å²) in [7, 11) is 0. The van der Waals surface area contributed by atoms with Crippen molar-refractivity contribution in [3.05, 3.63) is 0 Å². The number of hydrogen-bond acceptors (Lipinski definition) is 3. The Morgan fingerprint density at radius 2 is 1.79 bits per heavy atom. The van der Waals surface area contributed by atoms with Crippen LogP contribution >= 0.6 is 0 Å². The van der Waals surface area contributed by atoms with Gasteiger partial charge < -0.3 is 9.47 Å². The number of fused-ring (bicyclic) bond motifs is 1. The molecule has 2 aliphatic rings. The van der Waals surface area contributed by atoms with Gasteiger partial charge in [0.2, 0.25) is 0 Å². The van der Waals surface area contributed by atoms with E-state index in [1.165, 1.54) is 19.4 Å². The molecule has 0 bridgehead atoms. The van der Waals surface area contributed by atoms with Gasteiger partial charge in [-0.2, -0.15) is 0 Å². The lowest BCUT2D eigenvalue weighted by atomic mass is 9.94. The lowest BCUT2D eigenvalue weighted by Gasteiger charge is -2.34. The van der Waals surface area contributed by atoms with E-state index in [0.29, 0.717) is 6.10 Å². The zero-order valence-corrected chi connectivity index (χ0v) is 13.6. The van der Waals surface area contributed by atoms with Crippen molar-refractivity contribution in [1.82, 2.24) is 4.90 Å². The smallest absolute Gasteiger partial charge is 0.0727 e. The summed E-state index contributed by atoms with van der Waals surface area (Å²) in [6.07, 6.45) is 4.05. The number of rotatable bonds is 3. The van der Waals surface area contributed by atoms with E-state index >= 15 is 0 Å². The van der Waals surface area contributed by atoms with Crippen molar-refractivity contribution in [2.24, 2.45) is 0 Å². The topological polar surface area (TPSA) is 21.7 Å². The van der Waals surface area contributed by atoms with E-state index in [1.54, 1.807) is 0 Å². The molecule has 2 rings (SSSR count). The molecule has 0 N–H and O–H groups in total. The van der Waals surface area contributed by atoms with Crippen LogP contribution in [0.5, 0.6) is 0 Å². The van der Waals surface area contributed by atoms with Crippen molar-refractivity contribution >= 4 is 0 Å². The molecule has 19 heavy (non-hydrogen) atoms. The zero-order valence-electron chi connectivity index (χ0n) is 13.6. The first kappa shape index (κ1) is 15.3. The van der Waals surface area contributed by atoms with Crippen LogP contribution < -0.4 is 0 Å². The average molecular weight is 269 g/mol. The third kappa shape index (κ3) is 3.93. The number of hydrogen-bond donors (Lipinski definition) is 0. The van der Waals surface area contributed by atoms with Crippen molar-refractivity contribution in [2.45, 2.75) is 83.6 Å². The van der Waals surface area contributed by atoms with Gasteiger partial charge in [-0.05, 0) is 67.3 Å². The quantitative estimate of drug-likeness (QED) is 0.785. The van der Waals surface area contributed by atoms with E-state index in [2.05, 4.69) is 46.4 Å². The molecule has 3 nitrogen and oxygen atoms in total. The van der Waals surface area contributed by atoms with Crippen LogP contribution in [-0.2, 0) is 9.47 Å². The van der Waals surface area contributed by atoms with E-state index in [0.717, 1.165) is 19.6 Å². The fourth-order valence-electron chi connectivity index (χ4n) is 3.40. The first-order valence-electron chi connectivity index (χ1n) is 7.67. The van der Waals surface area contributed by atoms with Gasteiger partial charge in [0.15, 0.2) is 0 Å². The lowest BCUT2D eigenvalue weighted by molar-refractivity contribution is -0.0644. The maximum atomic E-state index is 6.19. The van der Waals surface area contributed by atoms with Crippen LogP contribution in [0.3, 0.4) is 0 Å². The van der Waals surface area contributed by atoms with E-state index < -0.39 is 0 Å². The van der Waals surface area contributed by atoms with E-state index in [1.807, 2.05) is 0 Å². The van der Waals surface area contributed by atoms with Crippen LogP contribution in [0.15, 0.2) is 0 Å². The van der Waals surface area contributed by atoms with E-state index in [9.17, 15) is 0 Å². The molecule has 0 saturated carbocycles. The van der Waals surface area contributed by atoms with Crippen LogP contribution in [0.4, 0.5) is 0 Å². The SMILES string of the molecule is CC(C)(C)OC[C@@]12CCCN1C[C@H](OC(C)(C)C)C2. The molecule has 2 aliphatic heterocycles. The summed E-state index contributed by atoms with van der Waals surface area (Å²) in [4.78, 5) is 2.61. The predicted molar refractivity (Wildman–Crippen MR) is 78.5 cm³/mol. The molecule has 2 atom stereocenters. The highest BCUT2D eigenvalue weighted by Gasteiger charge is 2.50. The van der Waals surface area contributed by atoms with Crippen molar-refractivity contribution in [3.8, 4) is 0 Å². The molecule has 0 unspecified atom stereocenters. The summed E-state index contributed by atoms with van der Waals surface area (Å²) in [5, 5.41) is 0. The Morgan fingerprint density at radius 1 is 1.11 bits per heavy atom. The molecule has 2 fully saturated rings. The zero-order chi connectivity index (χ0) is 14.3. The van der Waals surface area contributed by atoms with E-state index in [4.69, 9.17) is 9.47 Å². The monoisotopic (exact) mass is 269 g/mol. The predicted octanol–water partition coefficient (Wildman–Crippen LogP) is 3.22. The van der Waals surface area contributed by atoms with Gasteiger partial charge in [0, 0.05) is 12.1 Å². The third-order valence-electron chi connectivity index (χ3n) is 4.07. The van der Waals surface area contributed by atoms with Crippen LogP contribution in [0.25, 0.3) is 0 Å². The number of nitrogens with zero attached hydrogens (tertiary/aromatic N) is 1. The molecule has 0 radical (unpaired) electrons. The minimum Gasteiger partial charge on any atom is -0.374 e. The highest BCUT2D eigenvalue weighted by Crippen LogP contribution is 2.41. The summed E-state index contributed by atoms with van der Waals surface area (Å²) in [5.74, 6) is 0. The van der Waals surface area contributed by atoms with Gasteiger partial charge in [0.05, 0.1) is 23.9 Å². The van der Waals surface area contributed by atoms with Crippen molar-refractivity contribution in [1.29, 1.82) is 0 Å². The maximum absolute atomic E-state index is 6.19. The minimum absolute atomic E-state index is 0.0451. The Morgan fingerprint density at radius 3 is 2.37 bits per heavy atom. The summed E-state index contributed by atoms with van der Waals surface area (Å²) in [6.45, 7) is 16.0. The molecule has 112 valence electrons. The molecule has 2 heterocycles. The normalized spacial score (nSPS) is 32.8. The van der Waals surface area contributed by atoms with E-state index in [-0.39, 0.29) is 16.7 Å². The molecule has 0 spiro atoms. The highest BCUT2D eigenvalue weighted by molar-refractivity contribution is 5.04. The van der Waals surface area contributed by atoms with Gasteiger partial charge in [-0.1, -0.05) is 0 Å². The first-order chi connectivity index (χ1) is 8.60. The minimum atomic E-state index is -0.0496. The Balaban J connectivity index is 1.98. The van der Waals surface area contributed by atoms with Crippen LogP contribution in [-0.4, -0.2) is 47.4 Å². The molecule has 2 saturated heterocycles. The maximum Gasteiger partial charge on any atom is 0.0727 e. The second kappa shape index (κ2) is 5.01. The molecule has 0 aliphatic carbocycles. The fourth-order valence-corrected chi connectivity index (χ4v) is 3.40. The average Bonchev–Trinajstić information content (AvgIpc) is 2.67. The Labute approximate surface area is 118 Å². The van der Waals surface area contributed by atoms with Crippen LogP contribution in [0.1, 0.15) is 60.8 Å². The molecule has 0 aromatic heterocycles. The summed E-state index contributed by atoms with van der Waals surface area (Å²) >= 11 is 0. The standard InChI is InChI=1S/C16H31NO2/c1-14(2,3)18-12-16-8-7-9-17(16)11-13(10-16)19-15(4,5)6/h13H,7-12H2,1-6H3/t13-,16+/m1/s1. The van der Waals surface area contributed by atoms with Gasteiger partial charge in [0.1, 0.15) is 0 Å². The second-order valence-corrected chi connectivity index (χ2v) is 8.23. The lowest BCUT2D eigenvalue weighted by Crippen LogP contribution is -2.44. The second-order valence-electron chi connectivity index (χ2n) is 8.23. The molecular weight excluding hydrogens is 238 g/mol.